The highest BCUT2D eigenvalue weighted by atomic mass is 16.4. The normalized spacial score (nSPS) is 22.8. The van der Waals surface area contributed by atoms with Crippen molar-refractivity contribution in [2.75, 3.05) is 0 Å². The smallest absolute Gasteiger partial charge is 0.309 e. The zero-order valence-corrected chi connectivity index (χ0v) is 7.42. The molecule has 3 nitrogen and oxygen atoms in total. The monoisotopic (exact) mass is 172 g/mol. The molecule has 70 valence electrons. The van der Waals surface area contributed by atoms with Gasteiger partial charge in [-0.15, -0.1) is 0 Å². The number of aliphatic carboxylic acids is 1. The molecule has 0 amide bonds. The molecule has 0 bridgehead atoms. The summed E-state index contributed by atoms with van der Waals surface area (Å²) in [6.07, 6.45) is 3.09. The zero-order chi connectivity index (χ0) is 9.19. The van der Waals surface area contributed by atoms with Crippen molar-refractivity contribution >= 4 is 5.97 Å². The van der Waals surface area contributed by atoms with E-state index < -0.39 is 17.5 Å². The van der Waals surface area contributed by atoms with E-state index in [1.54, 1.807) is 0 Å². The van der Waals surface area contributed by atoms with Gasteiger partial charge in [0, 0.05) is 0 Å². The second-order valence-electron chi connectivity index (χ2n) is 3.71. The van der Waals surface area contributed by atoms with E-state index in [4.69, 9.17) is 5.11 Å². The van der Waals surface area contributed by atoms with Crippen LogP contribution in [0.4, 0.5) is 0 Å². The number of carboxylic acid groups (broad SMARTS) is 1. The van der Waals surface area contributed by atoms with Crippen LogP contribution in [0.1, 0.15) is 39.0 Å². The lowest BCUT2D eigenvalue weighted by molar-refractivity contribution is -0.157. The van der Waals surface area contributed by atoms with Gasteiger partial charge >= 0.3 is 5.97 Å². The molecular formula is C9H16O3. The van der Waals surface area contributed by atoms with Gasteiger partial charge in [0.2, 0.25) is 0 Å². The molecule has 0 aromatic carbocycles. The summed E-state index contributed by atoms with van der Waals surface area (Å²) in [6, 6.07) is 0. The lowest BCUT2D eigenvalue weighted by atomic mass is 9.65. The Kier molecular flexibility index (Phi) is 2.73. The standard InChI is InChI=1S/C9H16O3/c1-2-7(10)6-9(8(11)12)4-3-5-9/h7,10H,2-6H2,1H3,(H,11,12). The third-order valence-electron chi connectivity index (χ3n) is 2.86. The van der Waals surface area contributed by atoms with E-state index in [-0.39, 0.29) is 0 Å². The topological polar surface area (TPSA) is 57.5 Å². The van der Waals surface area contributed by atoms with Gasteiger partial charge in [0.05, 0.1) is 11.5 Å². The number of aliphatic hydroxyl groups is 1. The lowest BCUT2D eigenvalue weighted by Gasteiger charge is -2.38. The number of carboxylic acids is 1. The van der Waals surface area contributed by atoms with Crippen molar-refractivity contribution in [3.05, 3.63) is 0 Å². The summed E-state index contributed by atoms with van der Waals surface area (Å²) < 4.78 is 0. The molecule has 2 N–H and O–H groups in total. The van der Waals surface area contributed by atoms with E-state index in [0.717, 1.165) is 19.3 Å². The Morgan fingerprint density at radius 1 is 1.58 bits per heavy atom. The van der Waals surface area contributed by atoms with Gasteiger partial charge in [-0.25, -0.2) is 0 Å². The molecule has 1 unspecified atom stereocenters. The molecule has 0 aromatic rings. The molecule has 0 spiro atoms. The van der Waals surface area contributed by atoms with Crippen molar-refractivity contribution in [1.82, 2.24) is 0 Å². The van der Waals surface area contributed by atoms with Crippen molar-refractivity contribution in [3.8, 4) is 0 Å². The summed E-state index contributed by atoms with van der Waals surface area (Å²) in [6.45, 7) is 1.87. The van der Waals surface area contributed by atoms with Gasteiger partial charge in [-0.2, -0.15) is 0 Å². The summed E-state index contributed by atoms with van der Waals surface area (Å²) in [5.41, 5.74) is -0.588. The first-order valence-electron chi connectivity index (χ1n) is 4.52. The molecule has 1 fully saturated rings. The maximum absolute atomic E-state index is 10.8. The minimum atomic E-state index is -0.735. The van der Waals surface area contributed by atoms with Gasteiger partial charge in [-0.1, -0.05) is 13.3 Å². The highest BCUT2D eigenvalue weighted by Crippen LogP contribution is 2.45. The Hall–Kier alpha value is -0.570. The highest BCUT2D eigenvalue weighted by Gasteiger charge is 2.45. The first-order valence-corrected chi connectivity index (χ1v) is 4.52. The van der Waals surface area contributed by atoms with Crippen LogP contribution in [0.5, 0.6) is 0 Å². The first kappa shape index (κ1) is 9.52. The maximum Gasteiger partial charge on any atom is 0.309 e. The Bertz CT molecular complexity index is 173. The molecule has 1 aliphatic rings. The second kappa shape index (κ2) is 3.44. The fourth-order valence-electron chi connectivity index (χ4n) is 1.70. The second-order valence-corrected chi connectivity index (χ2v) is 3.71. The van der Waals surface area contributed by atoms with E-state index in [1.807, 2.05) is 6.92 Å². The average molecular weight is 172 g/mol. The van der Waals surface area contributed by atoms with Crippen LogP contribution in [-0.2, 0) is 4.79 Å². The fourth-order valence-corrected chi connectivity index (χ4v) is 1.70. The van der Waals surface area contributed by atoms with Crippen LogP contribution < -0.4 is 0 Å². The van der Waals surface area contributed by atoms with Gasteiger partial charge in [0.15, 0.2) is 0 Å². The molecule has 0 aromatic heterocycles. The Morgan fingerprint density at radius 3 is 2.42 bits per heavy atom. The van der Waals surface area contributed by atoms with Crippen LogP contribution in [0.15, 0.2) is 0 Å². The molecule has 0 radical (unpaired) electrons. The van der Waals surface area contributed by atoms with E-state index in [1.165, 1.54) is 0 Å². The highest BCUT2D eigenvalue weighted by molar-refractivity contribution is 5.75. The molecule has 0 saturated heterocycles. The van der Waals surface area contributed by atoms with Gasteiger partial charge in [-0.05, 0) is 25.7 Å². The van der Waals surface area contributed by atoms with Crippen molar-refractivity contribution < 1.29 is 15.0 Å². The predicted molar refractivity (Wildman–Crippen MR) is 44.8 cm³/mol. The lowest BCUT2D eigenvalue weighted by Crippen LogP contribution is -2.40. The summed E-state index contributed by atoms with van der Waals surface area (Å²) in [7, 11) is 0. The van der Waals surface area contributed by atoms with Crippen LogP contribution >= 0.6 is 0 Å². The first-order chi connectivity index (χ1) is 5.60. The minimum absolute atomic E-state index is 0.429. The maximum atomic E-state index is 10.8. The third kappa shape index (κ3) is 1.61. The Morgan fingerprint density at radius 2 is 2.17 bits per heavy atom. The number of hydrogen-bond acceptors (Lipinski definition) is 2. The fraction of sp³-hybridized carbons (Fsp3) is 0.889. The number of rotatable bonds is 4. The molecule has 0 heterocycles. The van der Waals surface area contributed by atoms with E-state index in [2.05, 4.69) is 0 Å². The van der Waals surface area contributed by atoms with Gasteiger partial charge in [-0.3, -0.25) is 4.79 Å². The SMILES string of the molecule is CCC(O)CC1(C(=O)O)CCC1. The van der Waals surface area contributed by atoms with E-state index >= 15 is 0 Å². The summed E-state index contributed by atoms with van der Waals surface area (Å²) >= 11 is 0. The predicted octanol–water partition coefficient (Wildman–Crippen LogP) is 1.40. The van der Waals surface area contributed by atoms with Crippen LogP contribution in [0.25, 0.3) is 0 Å². The molecule has 0 aliphatic heterocycles. The van der Waals surface area contributed by atoms with Crippen molar-refractivity contribution in [3.63, 3.8) is 0 Å². The largest absolute Gasteiger partial charge is 0.481 e. The molecular weight excluding hydrogens is 156 g/mol. The summed E-state index contributed by atoms with van der Waals surface area (Å²) in [4.78, 5) is 10.8. The molecule has 12 heavy (non-hydrogen) atoms. The van der Waals surface area contributed by atoms with Crippen LogP contribution in [0, 0.1) is 5.41 Å². The zero-order valence-electron chi connectivity index (χ0n) is 7.42. The molecule has 1 rings (SSSR count). The molecule has 1 saturated carbocycles. The van der Waals surface area contributed by atoms with Crippen molar-refractivity contribution in [2.24, 2.45) is 5.41 Å². The van der Waals surface area contributed by atoms with Gasteiger partial charge < -0.3 is 10.2 Å². The van der Waals surface area contributed by atoms with Gasteiger partial charge in [0.1, 0.15) is 0 Å². The average Bonchev–Trinajstić information content (AvgIpc) is 1.95. The Balaban J connectivity index is 2.50. The number of carbonyl (C=O) groups is 1. The Labute approximate surface area is 72.4 Å². The minimum Gasteiger partial charge on any atom is -0.481 e. The van der Waals surface area contributed by atoms with Crippen molar-refractivity contribution in [1.29, 1.82) is 0 Å². The van der Waals surface area contributed by atoms with E-state index in [0.29, 0.717) is 12.8 Å². The third-order valence-corrected chi connectivity index (χ3v) is 2.86. The summed E-state index contributed by atoms with van der Waals surface area (Å²) in [5, 5.41) is 18.3. The van der Waals surface area contributed by atoms with Crippen LogP contribution in [0.2, 0.25) is 0 Å². The molecule has 1 aliphatic carbocycles. The van der Waals surface area contributed by atoms with Crippen molar-refractivity contribution in [2.45, 2.75) is 45.1 Å². The van der Waals surface area contributed by atoms with E-state index in [9.17, 15) is 9.90 Å². The molecule has 3 heteroatoms. The quantitative estimate of drug-likeness (QED) is 0.674. The number of aliphatic hydroxyl groups excluding tert-OH is 1. The molecule has 1 atom stereocenters. The number of hydrogen-bond donors (Lipinski definition) is 2. The van der Waals surface area contributed by atoms with Crippen LogP contribution in [0.3, 0.4) is 0 Å². The summed E-state index contributed by atoms with van der Waals surface area (Å²) in [5.74, 6) is -0.735. The van der Waals surface area contributed by atoms with Gasteiger partial charge in [0.25, 0.3) is 0 Å². The van der Waals surface area contributed by atoms with Crippen LogP contribution in [-0.4, -0.2) is 22.3 Å².